The van der Waals surface area contributed by atoms with E-state index in [9.17, 15) is 13.6 Å². The summed E-state index contributed by atoms with van der Waals surface area (Å²) in [6.45, 7) is 1.94. The highest BCUT2D eigenvalue weighted by Gasteiger charge is 2.07. The van der Waals surface area contributed by atoms with Crippen molar-refractivity contribution in [1.29, 1.82) is 0 Å². The minimum Gasteiger partial charge on any atom is -0.492 e. The first kappa shape index (κ1) is 16.5. The van der Waals surface area contributed by atoms with Crippen molar-refractivity contribution in [1.82, 2.24) is 0 Å². The number of ketones is 1. The molecule has 2 aromatic rings. The maximum Gasteiger partial charge on any atom is 0.163 e. The molecule has 0 bridgehead atoms. The van der Waals surface area contributed by atoms with Gasteiger partial charge in [0.2, 0.25) is 0 Å². The van der Waals surface area contributed by atoms with Gasteiger partial charge in [0.15, 0.2) is 17.4 Å². The average Bonchev–Trinajstić information content (AvgIpc) is 2.50. The summed E-state index contributed by atoms with van der Waals surface area (Å²) in [7, 11) is 0. The van der Waals surface area contributed by atoms with Crippen LogP contribution >= 0.6 is 11.8 Å². The van der Waals surface area contributed by atoms with Crippen LogP contribution in [0.1, 0.15) is 22.8 Å². The third-order valence-corrected chi connectivity index (χ3v) is 4.00. The Kier molecular flexibility index (Phi) is 5.95. The van der Waals surface area contributed by atoms with Crippen LogP contribution in [0.15, 0.2) is 42.5 Å². The molecule has 0 unspecified atom stereocenters. The Morgan fingerprint density at radius 3 is 2.64 bits per heavy atom. The van der Waals surface area contributed by atoms with Gasteiger partial charge in [-0.2, -0.15) is 11.8 Å². The number of ether oxygens (including phenoxy) is 1. The van der Waals surface area contributed by atoms with Crippen LogP contribution in [-0.2, 0) is 5.75 Å². The van der Waals surface area contributed by atoms with E-state index in [-0.39, 0.29) is 5.78 Å². The van der Waals surface area contributed by atoms with Crippen LogP contribution in [0.2, 0.25) is 0 Å². The molecule has 0 aliphatic heterocycles. The molecule has 0 spiro atoms. The Labute approximate surface area is 132 Å². The summed E-state index contributed by atoms with van der Waals surface area (Å²) in [4.78, 5) is 11.4. The van der Waals surface area contributed by atoms with E-state index in [2.05, 4.69) is 0 Å². The van der Waals surface area contributed by atoms with Crippen molar-refractivity contribution in [2.45, 2.75) is 12.7 Å². The number of hydrogen-bond donors (Lipinski definition) is 0. The Balaban J connectivity index is 1.78. The number of Topliss-reactive ketones (excluding diaryl/α,β-unsaturated/α-hetero) is 1. The highest BCUT2D eigenvalue weighted by Crippen LogP contribution is 2.19. The summed E-state index contributed by atoms with van der Waals surface area (Å²) in [6, 6.07) is 11.0. The maximum atomic E-state index is 13.1. The van der Waals surface area contributed by atoms with Crippen molar-refractivity contribution >= 4 is 17.5 Å². The zero-order valence-electron chi connectivity index (χ0n) is 12.1. The van der Waals surface area contributed by atoms with E-state index >= 15 is 0 Å². The molecule has 0 saturated heterocycles. The number of rotatable bonds is 7. The molecule has 0 atom stereocenters. The number of benzene rings is 2. The Bertz CT molecular complexity index is 659. The molecule has 0 fully saturated rings. The maximum absolute atomic E-state index is 13.1. The van der Waals surface area contributed by atoms with Crippen molar-refractivity contribution in [2.24, 2.45) is 0 Å². The van der Waals surface area contributed by atoms with E-state index in [1.807, 2.05) is 6.07 Å². The first-order valence-electron chi connectivity index (χ1n) is 6.82. The molecule has 0 N–H and O–H groups in total. The molecule has 2 nitrogen and oxygen atoms in total. The van der Waals surface area contributed by atoms with Gasteiger partial charge >= 0.3 is 0 Å². The van der Waals surface area contributed by atoms with Gasteiger partial charge in [0.05, 0.1) is 12.2 Å². The van der Waals surface area contributed by atoms with Gasteiger partial charge in [-0.1, -0.05) is 18.2 Å². The van der Waals surface area contributed by atoms with Crippen LogP contribution in [0.25, 0.3) is 0 Å². The second-order valence-corrected chi connectivity index (χ2v) is 5.81. The molecule has 0 aliphatic rings. The summed E-state index contributed by atoms with van der Waals surface area (Å²) >= 11 is 1.56. The summed E-state index contributed by atoms with van der Waals surface area (Å²) in [5.41, 5.74) is 1.29. The van der Waals surface area contributed by atoms with Gasteiger partial charge in [-0.3, -0.25) is 4.79 Å². The Morgan fingerprint density at radius 1 is 1.14 bits per heavy atom. The standard InChI is InChI=1S/C17H16F2O2S/c1-12(20)14-4-2-3-5-17(14)21-8-9-22-11-13-6-7-15(18)16(19)10-13/h2-7,10H,8-9,11H2,1H3. The lowest BCUT2D eigenvalue weighted by Crippen LogP contribution is -2.04. The van der Waals surface area contributed by atoms with Crippen LogP contribution in [-0.4, -0.2) is 18.1 Å². The van der Waals surface area contributed by atoms with Crippen molar-refractivity contribution in [2.75, 3.05) is 12.4 Å². The van der Waals surface area contributed by atoms with Gasteiger partial charge < -0.3 is 4.74 Å². The third kappa shape index (κ3) is 4.56. The predicted molar refractivity (Wildman–Crippen MR) is 84.5 cm³/mol. The fourth-order valence-corrected chi connectivity index (χ4v) is 2.67. The molecule has 116 valence electrons. The molecule has 0 heterocycles. The molecule has 2 rings (SSSR count). The number of carbonyl (C=O) groups excluding carboxylic acids is 1. The smallest absolute Gasteiger partial charge is 0.163 e. The highest BCUT2D eigenvalue weighted by atomic mass is 32.2. The second kappa shape index (κ2) is 7.94. The summed E-state index contributed by atoms with van der Waals surface area (Å²) in [5, 5.41) is 0. The van der Waals surface area contributed by atoms with Gasteiger partial charge in [0.1, 0.15) is 5.75 Å². The minimum atomic E-state index is -0.835. The van der Waals surface area contributed by atoms with Crippen LogP contribution in [0.4, 0.5) is 8.78 Å². The average molecular weight is 322 g/mol. The quantitative estimate of drug-likeness (QED) is 0.555. The zero-order valence-corrected chi connectivity index (χ0v) is 13.0. The zero-order chi connectivity index (χ0) is 15.9. The van der Waals surface area contributed by atoms with Gasteiger partial charge in [-0.05, 0) is 36.8 Å². The first-order chi connectivity index (χ1) is 10.6. The van der Waals surface area contributed by atoms with E-state index in [1.165, 1.54) is 13.0 Å². The van der Waals surface area contributed by atoms with Crippen LogP contribution < -0.4 is 4.74 Å². The Morgan fingerprint density at radius 2 is 1.91 bits per heavy atom. The minimum absolute atomic E-state index is 0.0370. The molecule has 0 amide bonds. The molecule has 0 aliphatic carbocycles. The second-order valence-electron chi connectivity index (χ2n) is 4.70. The SMILES string of the molecule is CC(=O)c1ccccc1OCCSCc1ccc(F)c(F)c1. The highest BCUT2D eigenvalue weighted by molar-refractivity contribution is 7.98. The topological polar surface area (TPSA) is 26.3 Å². The van der Waals surface area contributed by atoms with Crippen molar-refractivity contribution < 1.29 is 18.3 Å². The van der Waals surface area contributed by atoms with E-state index in [1.54, 1.807) is 36.0 Å². The first-order valence-corrected chi connectivity index (χ1v) is 7.98. The van der Waals surface area contributed by atoms with Gasteiger partial charge in [0.25, 0.3) is 0 Å². The van der Waals surface area contributed by atoms with Crippen molar-refractivity contribution in [3.05, 3.63) is 65.2 Å². The Hall–Kier alpha value is -1.88. The number of carbonyl (C=O) groups is 1. The van der Waals surface area contributed by atoms with Crippen molar-refractivity contribution in [3.8, 4) is 5.75 Å². The summed E-state index contributed by atoms with van der Waals surface area (Å²) in [6.07, 6.45) is 0. The molecule has 5 heteroatoms. The lowest BCUT2D eigenvalue weighted by atomic mass is 10.1. The van der Waals surface area contributed by atoms with Gasteiger partial charge in [0, 0.05) is 11.5 Å². The summed E-state index contributed by atoms with van der Waals surface area (Å²) in [5.74, 6) is 0.135. The molecule has 0 saturated carbocycles. The predicted octanol–water partition coefficient (Wildman–Crippen LogP) is 4.48. The fourth-order valence-electron chi connectivity index (χ4n) is 1.91. The van der Waals surface area contributed by atoms with Gasteiger partial charge in [-0.15, -0.1) is 0 Å². The summed E-state index contributed by atoms with van der Waals surface area (Å²) < 4.78 is 31.5. The molecule has 22 heavy (non-hydrogen) atoms. The molecule has 2 aromatic carbocycles. The monoisotopic (exact) mass is 322 g/mol. The molecular weight excluding hydrogens is 306 g/mol. The molecular formula is C17H16F2O2S. The van der Waals surface area contributed by atoms with E-state index < -0.39 is 11.6 Å². The third-order valence-electron chi connectivity index (χ3n) is 3.00. The lowest BCUT2D eigenvalue weighted by Gasteiger charge is -2.09. The van der Waals surface area contributed by atoms with E-state index in [0.29, 0.717) is 29.4 Å². The molecule has 0 aromatic heterocycles. The fraction of sp³-hybridized carbons (Fsp3) is 0.235. The molecule has 0 radical (unpaired) electrons. The van der Waals surface area contributed by atoms with Crippen LogP contribution in [0.5, 0.6) is 5.75 Å². The number of thioether (sulfide) groups is 1. The van der Waals surface area contributed by atoms with Crippen LogP contribution in [0, 0.1) is 11.6 Å². The number of hydrogen-bond acceptors (Lipinski definition) is 3. The van der Waals surface area contributed by atoms with Crippen molar-refractivity contribution in [3.63, 3.8) is 0 Å². The number of para-hydroxylation sites is 1. The van der Waals surface area contributed by atoms with Gasteiger partial charge in [-0.25, -0.2) is 8.78 Å². The normalized spacial score (nSPS) is 10.5. The van der Waals surface area contributed by atoms with E-state index in [0.717, 1.165) is 11.6 Å². The van der Waals surface area contributed by atoms with Crippen LogP contribution in [0.3, 0.4) is 0 Å². The van der Waals surface area contributed by atoms with E-state index in [4.69, 9.17) is 4.74 Å². The number of halogens is 2. The lowest BCUT2D eigenvalue weighted by molar-refractivity contribution is 0.101. The largest absolute Gasteiger partial charge is 0.492 e.